The van der Waals surface area contributed by atoms with Gasteiger partial charge in [-0.2, -0.15) is 13.2 Å². The number of ether oxygens (including phenoxy) is 1. The minimum atomic E-state index is -4.70. The second-order valence-electron chi connectivity index (χ2n) is 8.33. The van der Waals surface area contributed by atoms with E-state index in [2.05, 4.69) is 5.32 Å². The van der Waals surface area contributed by atoms with Crippen LogP contribution in [0.4, 0.5) is 24.5 Å². The Morgan fingerprint density at radius 3 is 2.03 bits per heavy atom. The second kappa shape index (κ2) is 11.0. The molecule has 0 atom stereocenters. The number of hydrogen-bond acceptors (Lipinski definition) is 4. The van der Waals surface area contributed by atoms with Crippen molar-refractivity contribution >= 4 is 27.3 Å². The number of halogens is 3. The Labute approximate surface area is 218 Å². The number of sulfonamides is 1. The highest BCUT2D eigenvalue weighted by molar-refractivity contribution is 7.92. The molecule has 0 aliphatic carbocycles. The van der Waals surface area contributed by atoms with E-state index in [1.54, 1.807) is 43.3 Å². The van der Waals surface area contributed by atoms with E-state index in [4.69, 9.17) is 4.74 Å². The number of benzene rings is 4. The van der Waals surface area contributed by atoms with Gasteiger partial charge >= 0.3 is 6.18 Å². The number of hydrogen-bond donors (Lipinski definition) is 1. The zero-order chi connectivity index (χ0) is 27.3. The quantitative estimate of drug-likeness (QED) is 0.272. The zero-order valence-corrected chi connectivity index (χ0v) is 21.0. The third kappa shape index (κ3) is 6.33. The number of anilines is 2. The molecule has 4 aromatic rings. The molecule has 4 aromatic carbocycles. The average Bonchev–Trinajstić information content (AvgIpc) is 2.88. The van der Waals surface area contributed by atoms with Crippen LogP contribution in [0.15, 0.2) is 108 Å². The maximum Gasteiger partial charge on any atom is 0.418 e. The van der Waals surface area contributed by atoms with Gasteiger partial charge in [-0.05, 0) is 67.6 Å². The number of para-hydroxylation sites is 2. The fourth-order valence-corrected chi connectivity index (χ4v) is 5.04. The molecule has 0 radical (unpaired) electrons. The normalized spacial score (nSPS) is 11.6. The Morgan fingerprint density at radius 2 is 1.39 bits per heavy atom. The predicted molar refractivity (Wildman–Crippen MR) is 139 cm³/mol. The summed E-state index contributed by atoms with van der Waals surface area (Å²) in [6.45, 7) is 1.03. The molecule has 0 aliphatic rings. The van der Waals surface area contributed by atoms with Crippen LogP contribution in [0.5, 0.6) is 11.5 Å². The van der Waals surface area contributed by atoms with Crippen LogP contribution in [-0.2, 0) is 21.0 Å². The first-order valence-electron chi connectivity index (χ1n) is 11.4. The Hall–Kier alpha value is -4.31. The first kappa shape index (κ1) is 26.7. The Bertz CT molecular complexity index is 1510. The van der Waals surface area contributed by atoms with Crippen LogP contribution in [-0.4, -0.2) is 20.9 Å². The molecule has 0 saturated carbocycles. The lowest BCUT2D eigenvalue weighted by molar-refractivity contribution is -0.137. The molecule has 0 bridgehead atoms. The molecule has 6 nitrogen and oxygen atoms in total. The van der Waals surface area contributed by atoms with E-state index in [0.29, 0.717) is 11.5 Å². The smallest absolute Gasteiger partial charge is 0.418 e. The Balaban J connectivity index is 1.65. The van der Waals surface area contributed by atoms with Crippen molar-refractivity contribution in [1.29, 1.82) is 0 Å². The highest BCUT2D eigenvalue weighted by Gasteiger charge is 2.34. The molecule has 0 aromatic heterocycles. The van der Waals surface area contributed by atoms with Crippen molar-refractivity contribution in [3.8, 4) is 11.5 Å². The van der Waals surface area contributed by atoms with Gasteiger partial charge in [0.05, 0.1) is 21.8 Å². The molecule has 0 fully saturated rings. The summed E-state index contributed by atoms with van der Waals surface area (Å²) < 4.78 is 73.9. The van der Waals surface area contributed by atoms with Crippen molar-refractivity contribution in [2.45, 2.75) is 18.0 Å². The van der Waals surface area contributed by atoms with E-state index in [-0.39, 0.29) is 10.6 Å². The average molecular weight is 541 g/mol. The van der Waals surface area contributed by atoms with E-state index < -0.39 is 39.9 Å². The molecule has 196 valence electrons. The first-order chi connectivity index (χ1) is 18.0. The van der Waals surface area contributed by atoms with Gasteiger partial charge in [-0.3, -0.25) is 9.10 Å². The number of amides is 1. The van der Waals surface area contributed by atoms with Gasteiger partial charge in [0.25, 0.3) is 10.0 Å². The van der Waals surface area contributed by atoms with Crippen molar-refractivity contribution < 1.29 is 31.1 Å². The molecule has 1 N–H and O–H groups in total. The first-order valence-corrected chi connectivity index (χ1v) is 12.9. The van der Waals surface area contributed by atoms with E-state index in [9.17, 15) is 26.4 Å². The van der Waals surface area contributed by atoms with E-state index in [1.165, 1.54) is 48.5 Å². The van der Waals surface area contributed by atoms with Crippen molar-refractivity contribution in [1.82, 2.24) is 0 Å². The predicted octanol–water partition coefficient (Wildman–Crippen LogP) is 6.64. The van der Waals surface area contributed by atoms with Crippen LogP contribution >= 0.6 is 0 Å². The van der Waals surface area contributed by atoms with Gasteiger partial charge in [-0.25, -0.2) is 8.42 Å². The van der Waals surface area contributed by atoms with Crippen LogP contribution < -0.4 is 14.4 Å². The minimum Gasteiger partial charge on any atom is -0.457 e. The van der Waals surface area contributed by atoms with Gasteiger partial charge < -0.3 is 10.1 Å². The Kier molecular flexibility index (Phi) is 7.72. The molecule has 0 unspecified atom stereocenters. The van der Waals surface area contributed by atoms with Gasteiger partial charge in [-0.15, -0.1) is 0 Å². The highest BCUT2D eigenvalue weighted by atomic mass is 32.2. The fourth-order valence-electron chi connectivity index (χ4n) is 3.62. The molecule has 1 amide bonds. The lowest BCUT2D eigenvalue weighted by Gasteiger charge is -2.25. The molecule has 0 heterocycles. The lowest BCUT2D eigenvalue weighted by atomic mass is 10.1. The molecule has 0 spiro atoms. The summed E-state index contributed by atoms with van der Waals surface area (Å²) in [7, 11) is -4.26. The van der Waals surface area contributed by atoms with Crippen LogP contribution in [0, 0.1) is 6.92 Å². The summed E-state index contributed by atoms with van der Waals surface area (Å²) in [5.74, 6) is 0.0604. The van der Waals surface area contributed by atoms with E-state index in [0.717, 1.165) is 22.0 Å². The van der Waals surface area contributed by atoms with Gasteiger partial charge in [0.2, 0.25) is 5.91 Å². The number of aryl methyl sites for hydroxylation is 1. The Morgan fingerprint density at radius 1 is 0.816 bits per heavy atom. The van der Waals surface area contributed by atoms with Gasteiger partial charge in [-0.1, -0.05) is 48.0 Å². The fraction of sp³-hybridized carbons (Fsp3) is 0.107. The lowest BCUT2D eigenvalue weighted by Crippen LogP contribution is -2.38. The third-order valence-corrected chi connectivity index (χ3v) is 7.29. The summed E-state index contributed by atoms with van der Waals surface area (Å²) in [5.41, 5.74) is -0.544. The molecular weight excluding hydrogens is 517 g/mol. The highest BCUT2D eigenvalue weighted by Crippen LogP contribution is 2.35. The summed E-state index contributed by atoms with van der Waals surface area (Å²) in [4.78, 5) is 12.8. The second-order valence-corrected chi connectivity index (χ2v) is 10.2. The van der Waals surface area contributed by atoms with Crippen molar-refractivity contribution in [3.63, 3.8) is 0 Å². The molecule has 38 heavy (non-hydrogen) atoms. The van der Waals surface area contributed by atoms with E-state index in [1.807, 2.05) is 6.07 Å². The number of rotatable bonds is 8. The minimum absolute atomic E-state index is 0.0730. The topological polar surface area (TPSA) is 75.7 Å². The molecular formula is C28H23F3N2O4S. The maximum atomic E-state index is 13.6. The van der Waals surface area contributed by atoms with Crippen LogP contribution in [0.2, 0.25) is 0 Å². The largest absolute Gasteiger partial charge is 0.457 e. The van der Waals surface area contributed by atoms with Crippen LogP contribution in [0.3, 0.4) is 0 Å². The van der Waals surface area contributed by atoms with E-state index >= 15 is 0 Å². The van der Waals surface area contributed by atoms with Crippen molar-refractivity contribution in [2.24, 2.45) is 0 Å². The number of carbonyl (C=O) groups is 1. The third-order valence-electron chi connectivity index (χ3n) is 5.51. The molecule has 0 saturated heterocycles. The summed E-state index contributed by atoms with van der Waals surface area (Å²) in [6.07, 6.45) is -4.70. The van der Waals surface area contributed by atoms with Crippen LogP contribution in [0.25, 0.3) is 0 Å². The van der Waals surface area contributed by atoms with Gasteiger partial charge in [0.15, 0.2) is 0 Å². The SMILES string of the molecule is Cc1ccc(S(=O)(=O)N(CC(=O)Nc2ccccc2C(F)(F)F)c2ccc(Oc3ccccc3)cc2)cc1. The number of alkyl halides is 3. The maximum absolute atomic E-state index is 13.6. The van der Waals surface area contributed by atoms with Gasteiger partial charge in [0.1, 0.15) is 18.0 Å². The summed E-state index contributed by atoms with van der Waals surface area (Å²) in [6, 6.07) is 25.5. The molecule has 4 rings (SSSR count). The monoisotopic (exact) mass is 540 g/mol. The zero-order valence-electron chi connectivity index (χ0n) is 20.1. The summed E-state index contributed by atoms with van der Waals surface area (Å²) >= 11 is 0. The summed E-state index contributed by atoms with van der Waals surface area (Å²) in [5, 5.41) is 2.20. The van der Waals surface area contributed by atoms with Crippen LogP contribution in [0.1, 0.15) is 11.1 Å². The number of nitrogens with zero attached hydrogens (tertiary/aromatic N) is 1. The molecule has 0 aliphatic heterocycles. The molecule has 10 heteroatoms. The number of carbonyl (C=O) groups excluding carboxylic acids is 1. The standard InChI is InChI=1S/C28H23F3N2O4S/c1-20-11-17-24(18-12-20)38(35,36)33(19-27(34)32-26-10-6-5-9-25(26)28(29,30)31)21-13-15-23(16-14-21)37-22-7-3-2-4-8-22/h2-18H,19H2,1H3,(H,32,34). The van der Waals surface area contributed by atoms with Crippen molar-refractivity contribution in [3.05, 3.63) is 114 Å². The number of nitrogens with one attached hydrogen (secondary N) is 1. The van der Waals surface area contributed by atoms with Crippen molar-refractivity contribution in [2.75, 3.05) is 16.2 Å². The van der Waals surface area contributed by atoms with Gasteiger partial charge in [0, 0.05) is 0 Å².